The fourth-order valence-electron chi connectivity index (χ4n) is 1.77. The SMILES string of the molecule is O=C(O)c1sc(NC(=O)C2CC2)nc1-c1cccnc1. The Labute approximate surface area is 118 Å². The number of nitrogens with zero attached hydrogens (tertiary/aromatic N) is 2. The third-order valence-electron chi connectivity index (χ3n) is 2.93. The molecule has 20 heavy (non-hydrogen) atoms. The first-order valence-electron chi connectivity index (χ1n) is 6.10. The second-order valence-electron chi connectivity index (χ2n) is 4.51. The molecule has 2 heterocycles. The zero-order chi connectivity index (χ0) is 14.1. The van der Waals surface area contributed by atoms with E-state index in [9.17, 15) is 14.7 Å². The predicted molar refractivity (Wildman–Crippen MR) is 73.7 cm³/mol. The van der Waals surface area contributed by atoms with Gasteiger partial charge in [0.2, 0.25) is 5.91 Å². The van der Waals surface area contributed by atoms with Crippen LogP contribution in [0.15, 0.2) is 24.5 Å². The second-order valence-corrected chi connectivity index (χ2v) is 5.51. The molecular formula is C13H11N3O3S. The number of thiazole rings is 1. The van der Waals surface area contributed by atoms with E-state index in [1.54, 1.807) is 24.5 Å². The first-order chi connectivity index (χ1) is 9.65. The third kappa shape index (κ3) is 2.53. The number of anilines is 1. The summed E-state index contributed by atoms with van der Waals surface area (Å²) in [5.41, 5.74) is 0.953. The van der Waals surface area contributed by atoms with Crippen molar-refractivity contribution in [3.63, 3.8) is 0 Å². The number of nitrogens with one attached hydrogen (secondary N) is 1. The Morgan fingerprint density at radius 3 is 2.80 bits per heavy atom. The first kappa shape index (κ1) is 12.7. The molecule has 0 radical (unpaired) electrons. The number of aromatic carboxylic acids is 1. The number of carboxylic acid groups (broad SMARTS) is 1. The number of carbonyl (C=O) groups excluding carboxylic acids is 1. The summed E-state index contributed by atoms with van der Waals surface area (Å²) in [6.07, 6.45) is 4.93. The summed E-state index contributed by atoms with van der Waals surface area (Å²) in [5.74, 6) is -1.10. The molecule has 1 amide bonds. The van der Waals surface area contributed by atoms with Gasteiger partial charge in [0.1, 0.15) is 4.88 Å². The highest BCUT2D eigenvalue weighted by Gasteiger charge is 2.30. The molecule has 102 valence electrons. The number of hydrogen-bond acceptors (Lipinski definition) is 5. The van der Waals surface area contributed by atoms with Crippen molar-refractivity contribution in [3.8, 4) is 11.3 Å². The Morgan fingerprint density at radius 1 is 1.40 bits per heavy atom. The molecule has 7 heteroatoms. The van der Waals surface area contributed by atoms with Crippen LogP contribution in [-0.4, -0.2) is 27.0 Å². The van der Waals surface area contributed by atoms with Crippen molar-refractivity contribution in [1.82, 2.24) is 9.97 Å². The molecule has 2 aromatic rings. The van der Waals surface area contributed by atoms with Crippen molar-refractivity contribution in [2.24, 2.45) is 5.92 Å². The number of aromatic nitrogens is 2. The van der Waals surface area contributed by atoms with Gasteiger partial charge in [0, 0.05) is 23.9 Å². The highest BCUT2D eigenvalue weighted by molar-refractivity contribution is 7.18. The van der Waals surface area contributed by atoms with E-state index in [0.717, 1.165) is 24.2 Å². The van der Waals surface area contributed by atoms with Gasteiger partial charge in [-0.3, -0.25) is 9.78 Å². The minimum atomic E-state index is -1.06. The van der Waals surface area contributed by atoms with Gasteiger partial charge in [0.05, 0.1) is 5.69 Å². The molecule has 0 bridgehead atoms. The summed E-state index contributed by atoms with van der Waals surface area (Å²) in [4.78, 5) is 31.2. The molecular weight excluding hydrogens is 278 g/mol. The lowest BCUT2D eigenvalue weighted by Crippen LogP contribution is -2.12. The standard InChI is InChI=1S/C13H11N3O3S/c17-11(7-3-4-7)16-13-15-9(10(20-13)12(18)19)8-2-1-5-14-6-8/h1-2,5-7H,3-4H2,(H,18,19)(H,15,16,17). The van der Waals surface area contributed by atoms with Crippen molar-refractivity contribution in [2.75, 3.05) is 5.32 Å². The third-order valence-corrected chi connectivity index (χ3v) is 3.89. The van der Waals surface area contributed by atoms with E-state index in [2.05, 4.69) is 15.3 Å². The van der Waals surface area contributed by atoms with Gasteiger partial charge in [-0.2, -0.15) is 0 Å². The van der Waals surface area contributed by atoms with Crippen LogP contribution in [0.25, 0.3) is 11.3 Å². The van der Waals surface area contributed by atoms with Crippen LogP contribution in [0.2, 0.25) is 0 Å². The number of carbonyl (C=O) groups is 2. The number of hydrogen-bond donors (Lipinski definition) is 2. The Balaban J connectivity index is 1.94. The molecule has 1 aliphatic rings. The van der Waals surface area contributed by atoms with Gasteiger partial charge in [-0.25, -0.2) is 9.78 Å². The molecule has 1 fully saturated rings. The van der Waals surface area contributed by atoms with Crippen LogP contribution < -0.4 is 5.32 Å². The highest BCUT2D eigenvalue weighted by atomic mass is 32.1. The van der Waals surface area contributed by atoms with E-state index in [0.29, 0.717) is 16.4 Å². The summed E-state index contributed by atoms with van der Waals surface area (Å²) in [6.45, 7) is 0. The topological polar surface area (TPSA) is 92.2 Å². The molecule has 6 nitrogen and oxygen atoms in total. The molecule has 2 N–H and O–H groups in total. The lowest BCUT2D eigenvalue weighted by Gasteiger charge is -1.98. The van der Waals surface area contributed by atoms with Gasteiger partial charge < -0.3 is 10.4 Å². The maximum Gasteiger partial charge on any atom is 0.348 e. The predicted octanol–water partition coefficient (Wildman–Crippen LogP) is 2.25. The fourth-order valence-corrected chi connectivity index (χ4v) is 2.60. The van der Waals surface area contributed by atoms with E-state index in [-0.39, 0.29) is 16.7 Å². The van der Waals surface area contributed by atoms with Crippen molar-refractivity contribution >= 4 is 28.3 Å². The lowest BCUT2D eigenvalue weighted by molar-refractivity contribution is -0.117. The molecule has 2 aromatic heterocycles. The minimum absolute atomic E-state index is 0.0500. The lowest BCUT2D eigenvalue weighted by atomic mass is 10.2. The zero-order valence-electron chi connectivity index (χ0n) is 10.4. The fraction of sp³-hybridized carbons (Fsp3) is 0.231. The van der Waals surface area contributed by atoms with Gasteiger partial charge >= 0.3 is 5.97 Å². The first-order valence-corrected chi connectivity index (χ1v) is 6.92. The van der Waals surface area contributed by atoms with E-state index < -0.39 is 5.97 Å². The van der Waals surface area contributed by atoms with E-state index in [1.165, 1.54) is 0 Å². The number of rotatable bonds is 4. The van der Waals surface area contributed by atoms with E-state index >= 15 is 0 Å². The monoisotopic (exact) mass is 289 g/mol. The highest BCUT2D eigenvalue weighted by Crippen LogP contribution is 2.34. The molecule has 1 saturated carbocycles. The van der Waals surface area contributed by atoms with Crippen molar-refractivity contribution in [2.45, 2.75) is 12.8 Å². The average molecular weight is 289 g/mol. The van der Waals surface area contributed by atoms with Gasteiger partial charge in [0.15, 0.2) is 5.13 Å². The molecule has 0 spiro atoms. The normalized spacial score (nSPS) is 14.0. The van der Waals surface area contributed by atoms with Gasteiger partial charge in [-0.15, -0.1) is 0 Å². The van der Waals surface area contributed by atoms with Crippen LogP contribution in [0, 0.1) is 5.92 Å². The van der Waals surface area contributed by atoms with Crippen molar-refractivity contribution < 1.29 is 14.7 Å². The summed E-state index contributed by atoms with van der Waals surface area (Å²) >= 11 is 0.966. The van der Waals surface area contributed by atoms with Gasteiger partial charge in [0.25, 0.3) is 0 Å². The molecule has 0 unspecified atom stereocenters. The van der Waals surface area contributed by atoms with Crippen molar-refractivity contribution in [3.05, 3.63) is 29.4 Å². The molecule has 0 aliphatic heterocycles. The Morgan fingerprint density at radius 2 is 2.20 bits per heavy atom. The molecule has 3 rings (SSSR count). The summed E-state index contributed by atoms with van der Waals surface area (Å²) in [6, 6.07) is 3.45. The smallest absolute Gasteiger partial charge is 0.348 e. The summed E-state index contributed by atoms with van der Waals surface area (Å²) < 4.78 is 0. The maximum atomic E-state index is 11.7. The zero-order valence-corrected chi connectivity index (χ0v) is 11.2. The minimum Gasteiger partial charge on any atom is -0.477 e. The Bertz CT molecular complexity index is 665. The van der Waals surface area contributed by atoms with Crippen LogP contribution >= 0.6 is 11.3 Å². The Hall–Kier alpha value is -2.28. The average Bonchev–Trinajstić information content (AvgIpc) is 3.21. The molecule has 0 aromatic carbocycles. The summed E-state index contributed by atoms with van der Waals surface area (Å²) in [5, 5.41) is 12.2. The van der Waals surface area contributed by atoms with Crippen LogP contribution in [0.5, 0.6) is 0 Å². The van der Waals surface area contributed by atoms with Crippen LogP contribution in [0.4, 0.5) is 5.13 Å². The van der Waals surface area contributed by atoms with Gasteiger partial charge in [-0.1, -0.05) is 11.3 Å². The van der Waals surface area contributed by atoms with Crippen LogP contribution in [-0.2, 0) is 4.79 Å². The second kappa shape index (κ2) is 5.01. The van der Waals surface area contributed by atoms with Crippen molar-refractivity contribution in [1.29, 1.82) is 0 Å². The number of pyridine rings is 1. The number of carboxylic acids is 1. The van der Waals surface area contributed by atoms with E-state index in [4.69, 9.17) is 0 Å². The molecule has 0 saturated heterocycles. The summed E-state index contributed by atoms with van der Waals surface area (Å²) in [7, 11) is 0. The largest absolute Gasteiger partial charge is 0.477 e. The van der Waals surface area contributed by atoms with E-state index in [1.807, 2.05) is 0 Å². The molecule has 0 atom stereocenters. The van der Waals surface area contributed by atoms with Gasteiger partial charge in [-0.05, 0) is 25.0 Å². The quantitative estimate of drug-likeness (QED) is 0.900. The van der Waals surface area contributed by atoms with Crippen LogP contribution in [0.1, 0.15) is 22.5 Å². The van der Waals surface area contributed by atoms with Crippen LogP contribution in [0.3, 0.4) is 0 Å². The maximum absolute atomic E-state index is 11.7. The number of amides is 1. The Kier molecular flexibility index (Phi) is 3.19. The molecule has 1 aliphatic carbocycles.